The molecule has 0 aromatic heterocycles. The molecule has 4 nitrogen and oxygen atoms in total. The number of hydrogen-bond acceptors (Lipinski definition) is 3. The quantitative estimate of drug-likeness (QED) is 0.796. The van der Waals surface area contributed by atoms with Gasteiger partial charge in [0.1, 0.15) is 5.75 Å². The van der Waals surface area contributed by atoms with E-state index in [1.807, 2.05) is 31.2 Å². The van der Waals surface area contributed by atoms with E-state index >= 15 is 0 Å². The third-order valence-electron chi connectivity index (χ3n) is 2.36. The minimum absolute atomic E-state index is 0. The van der Waals surface area contributed by atoms with Crippen molar-refractivity contribution in [3.63, 3.8) is 0 Å². The van der Waals surface area contributed by atoms with E-state index < -0.39 is 0 Å². The summed E-state index contributed by atoms with van der Waals surface area (Å²) >= 11 is 0. The fourth-order valence-electron chi connectivity index (χ4n) is 1.49. The molecular formula is C13H21ClN2O2. The molecule has 0 atom stereocenters. The van der Waals surface area contributed by atoms with Crippen LogP contribution in [-0.2, 0) is 11.3 Å². The number of para-hydroxylation sites is 1. The van der Waals surface area contributed by atoms with Crippen molar-refractivity contribution in [2.75, 3.05) is 13.2 Å². The molecule has 0 saturated heterocycles. The Morgan fingerprint density at radius 2 is 2.11 bits per heavy atom. The second kappa shape index (κ2) is 9.74. The van der Waals surface area contributed by atoms with Crippen LogP contribution in [0.1, 0.15) is 25.3 Å². The zero-order valence-electron chi connectivity index (χ0n) is 10.6. The molecule has 18 heavy (non-hydrogen) atoms. The third kappa shape index (κ3) is 5.89. The van der Waals surface area contributed by atoms with Crippen LogP contribution in [0.5, 0.6) is 5.75 Å². The van der Waals surface area contributed by atoms with Crippen molar-refractivity contribution in [1.29, 1.82) is 0 Å². The van der Waals surface area contributed by atoms with Crippen molar-refractivity contribution in [2.45, 2.75) is 26.3 Å². The number of nitrogens with two attached hydrogens (primary N) is 1. The highest BCUT2D eigenvalue weighted by Crippen LogP contribution is 2.17. The SMILES string of the molecule is CCOc1ccccc1CNC(=O)CCCN.Cl. The molecule has 0 bridgehead atoms. The summed E-state index contributed by atoms with van der Waals surface area (Å²) in [5.41, 5.74) is 6.34. The number of carbonyl (C=O) groups is 1. The maximum atomic E-state index is 11.4. The lowest BCUT2D eigenvalue weighted by Crippen LogP contribution is -2.23. The maximum Gasteiger partial charge on any atom is 0.220 e. The van der Waals surface area contributed by atoms with Crippen molar-refractivity contribution in [3.8, 4) is 5.75 Å². The van der Waals surface area contributed by atoms with E-state index in [1.54, 1.807) is 0 Å². The lowest BCUT2D eigenvalue weighted by Gasteiger charge is -2.10. The molecule has 0 saturated carbocycles. The summed E-state index contributed by atoms with van der Waals surface area (Å²) in [6, 6.07) is 7.72. The van der Waals surface area contributed by atoms with Gasteiger partial charge in [-0.2, -0.15) is 0 Å². The molecule has 5 heteroatoms. The van der Waals surface area contributed by atoms with Gasteiger partial charge in [-0.25, -0.2) is 0 Å². The Balaban J connectivity index is 0.00000289. The predicted octanol–water partition coefficient (Wildman–Crippen LogP) is 1.86. The van der Waals surface area contributed by atoms with Crippen LogP contribution in [0, 0.1) is 0 Å². The number of benzene rings is 1. The van der Waals surface area contributed by atoms with Crippen LogP contribution >= 0.6 is 12.4 Å². The molecule has 0 aliphatic heterocycles. The molecular weight excluding hydrogens is 252 g/mol. The average Bonchev–Trinajstić information content (AvgIpc) is 2.35. The molecule has 0 heterocycles. The first-order valence-electron chi connectivity index (χ1n) is 5.95. The highest BCUT2D eigenvalue weighted by molar-refractivity contribution is 5.85. The summed E-state index contributed by atoms with van der Waals surface area (Å²) in [6.45, 7) is 3.61. The summed E-state index contributed by atoms with van der Waals surface area (Å²) in [5.74, 6) is 0.857. The minimum Gasteiger partial charge on any atom is -0.494 e. The van der Waals surface area contributed by atoms with Crippen LogP contribution in [0.2, 0.25) is 0 Å². The summed E-state index contributed by atoms with van der Waals surface area (Å²) in [4.78, 5) is 11.4. The molecule has 0 radical (unpaired) electrons. The summed E-state index contributed by atoms with van der Waals surface area (Å²) in [6.07, 6.45) is 1.20. The number of halogens is 1. The first kappa shape index (κ1) is 16.7. The Morgan fingerprint density at radius 3 is 2.78 bits per heavy atom. The normalized spacial score (nSPS) is 9.44. The standard InChI is InChI=1S/C13H20N2O2.ClH/c1-2-17-12-7-4-3-6-11(12)10-15-13(16)8-5-9-14;/h3-4,6-7H,2,5,8-10,14H2,1H3,(H,15,16);1H. The number of ether oxygens (including phenoxy) is 1. The van der Waals surface area contributed by atoms with Gasteiger partial charge < -0.3 is 15.8 Å². The van der Waals surface area contributed by atoms with Gasteiger partial charge >= 0.3 is 0 Å². The smallest absolute Gasteiger partial charge is 0.220 e. The number of nitrogens with one attached hydrogen (secondary N) is 1. The van der Waals surface area contributed by atoms with Crippen LogP contribution in [0.4, 0.5) is 0 Å². The van der Waals surface area contributed by atoms with Gasteiger partial charge in [0.2, 0.25) is 5.91 Å². The zero-order chi connectivity index (χ0) is 12.5. The number of rotatable bonds is 7. The van der Waals surface area contributed by atoms with Crippen molar-refractivity contribution < 1.29 is 9.53 Å². The second-order valence-corrected chi connectivity index (χ2v) is 3.71. The van der Waals surface area contributed by atoms with Gasteiger partial charge in [0.05, 0.1) is 6.61 Å². The molecule has 1 amide bonds. The van der Waals surface area contributed by atoms with Crippen molar-refractivity contribution in [3.05, 3.63) is 29.8 Å². The largest absolute Gasteiger partial charge is 0.494 e. The average molecular weight is 273 g/mol. The Bertz CT molecular complexity index is 359. The summed E-state index contributed by atoms with van der Waals surface area (Å²) in [5, 5.41) is 2.86. The molecule has 0 unspecified atom stereocenters. The topological polar surface area (TPSA) is 64.3 Å². The van der Waals surface area contributed by atoms with Crippen LogP contribution in [0.3, 0.4) is 0 Å². The highest BCUT2D eigenvalue weighted by atomic mass is 35.5. The number of carbonyl (C=O) groups excluding carboxylic acids is 1. The molecule has 3 N–H and O–H groups in total. The van der Waals surface area contributed by atoms with Gasteiger partial charge in [0.15, 0.2) is 0 Å². The molecule has 1 aromatic rings. The van der Waals surface area contributed by atoms with Gasteiger partial charge in [-0.3, -0.25) is 4.79 Å². The Morgan fingerprint density at radius 1 is 1.39 bits per heavy atom. The van der Waals surface area contributed by atoms with E-state index in [9.17, 15) is 4.79 Å². The first-order valence-corrected chi connectivity index (χ1v) is 5.95. The summed E-state index contributed by atoms with van der Waals surface area (Å²) in [7, 11) is 0. The molecule has 1 aromatic carbocycles. The molecule has 1 rings (SSSR count). The molecule has 0 fully saturated rings. The van der Waals surface area contributed by atoms with Crippen molar-refractivity contribution >= 4 is 18.3 Å². The van der Waals surface area contributed by atoms with E-state index in [2.05, 4.69) is 5.32 Å². The lowest BCUT2D eigenvalue weighted by atomic mass is 10.2. The van der Waals surface area contributed by atoms with Gasteiger partial charge in [-0.15, -0.1) is 12.4 Å². The van der Waals surface area contributed by atoms with Gasteiger partial charge in [0.25, 0.3) is 0 Å². The maximum absolute atomic E-state index is 11.4. The van der Waals surface area contributed by atoms with Gasteiger partial charge in [-0.05, 0) is 26.0 Å². The van der Waals surface area contributed by atoms with E-state index in [0.29, 0.717) is 26.1 Å². The van der Waals surface area contributed by atoms with E-state index in [4.69, 9.17) is 10.5 Å². The van der Waals surface area contributed by atoms with Crippen LogP contribution in [0.25, 0.3) is 0 Å². The molecule has 0 spiro atoms. The lowest BCUT2D eigenvalue weighted by molar-refractivity contribution is -0.121. The number of hydrogen-bond donors (Lipinski definition) is 2. The van der Waals surface area contributed by atoms with Crippen molar-refractivity contribution in [2.24, 2.45) is 5.73 Å². The Kier molecular flexibility index (Phi) is 9.06. The Labute approximate surface area is 114 Å². The van der Waals surface area contributed by atoms with Crippen LogP contribution in [-0.4, -0.2) is 19.1 Å². The van der Waals surface area contributed by atoms with Crippen molar-refractivity contribution in [1.82, 2.24) is 5.32 Å². The fourth-order valence-corrected chi connectivity index (χ4v) is 1.49. The molecule has 102 valence electrons. The van der Waals surface area contributed by atoms with E-state index in [-0.39, 0.29) is 18.3 Å². The first-order chi connectivity index (χ1) is 8.27. The highest BCUT2D eigenvalue weighted by Gasteiger charge is 2.04. The van der Waals surface area contributed by atoms with Gasteiger partial charge in [-0.1, -0.05) is 18.2 Å². The van der Waals surface area contributed by atoms with Crippen LogP contribution < -0.4 is 15.8 Å². The van der Waals surface area contributed by atoms with Crippen LogP contribution in [0.15, 0.2) is 24.3 Å². The third-order valence-corrected chi connectivity index (χ3v) is 2.36. The monoisotopic (exact) mass is 272 g/mol. The Hall–Kier alpha value is -1.26. The zero-order valence-corrected chi connectivity index (χ0v) is 11.5. The molecule has 0 aliphatic rings. The summed E-state index contributed by atoms with van der Waals surface area (Å²) < 4.78 is 5.48. The molecule has 0 aliphatic carbocycles. The fraction of sp³-hybridized carbons (Fsp3) is 0.462. The second-order valence-electron chi connectivity index (χ2n) is 3.71. The van der Waals surface area contributed by atoms with E-state index in [1.165, 1.54) is 0 Å². The number of amides is 1. The predicted molar refractivity (Wildman–Crippen MR) is 75.0 cm³/mol. The minimum atomic E-state index is 0. The van der Waals surface area contributed by atoms with E-state index in [0.717, 1.165) is 17.7 Å². The van der Waals surface area contributed by atoms with Gasteiger partial charge in [0, 0.05) is 18.5 Å².